The molecule has 5 rings (SSSR count). The Morgan fingerprint density at radius 3 is 2.31 bits per heavy atom. The zero-order chi connectivity index (χ0) is 25.7. The average molecular weight is 535 g/mol. The molecule has 1 amide bonds. The van der Waals surface area contributed by atoms with Crippen molar-refractivity contribution in [1.82, 2.24) is 9.80 Å². The molecule has 2 heterocycles. The second-order valence-corrected chi connectivity index (χ2v) is 12.1. The molecule has 2 N–H and O–H groups in total. The second-order valence-electron chi connectivity index (χ2n) is 10.7. The molecule has 1 saturated carbocycles. The van der Waals surface area contributed by atoms with E-state index in [2.05, 4.69) is 17.0 Å². The van der Waals surface area contributed by atoms with Crippen LogP contribution in [0.25, 0.3) is 0 Å². The van der Waals surface area contributed by atoms with Crippen molar-refractivity contribution in [3.8, 4) is 5.75 Å². The molecule has 5 nitrogen and oxygen atoms in total. The maximum atomic E-state index is 13.8. The Hall–Kier alpha value is -2.02. The van der Waals surface area contributed by atoms with Crippen LogP contribution < -0.4 is 10.5 Å². The summed E-state index contributed by atoms with van der Waals surface area (Å²) in [6.07, 6.45) is 3.82. The lowest BCUT2D eigenvalue weighted by atomic mass is 9.87. The Morgan fingerprint density at radius 2 is 1.69 bits per heavy atom. The summed E-state index contributed by atoms with van der Waals surface area (Å²) < 4.78 is 18.8. The predicted molar refractivity (Wildman–Crippen MR) is 142 cm³/mol. The van der Waals surface area contributed by atoms with Gasteiger partial charge in [-0.25, -0.2) is 4.39 Å². The van der Waals surface area contributed by atoms with Crippen LogP contribution in [0.15, 0.2) is 42.5 Å². The fourth-order valence-electron chi connectivity index (χ4n) is 6.29. The molecule has 36 heavy (non-hydrogen) atoms. The number of nitrogens with two attached hydrogens (primary N) is 1. The van der Waals surface area contributed by atoms with Crippen LogP contribution in [0.3, 0.4) is 0 Å². The monoisotopic (exact) mass is 533 g/mol. The van der Waals surface area contributed by atoms with Crippen LogP contribution in [-0.2, 0) is 0 Å². The lowest BCUT2D eigenvalue weighted by molar-refractivity contribution is 0.0530. The highest BCUT2D eigenvalue weighted by atomic mass is 35.5. The Morgan fingerprint density at radius 1 is 1.06 bits per heavy atom. The number of para-hydroxylation sites is 1. The highest BCUT2D eigenvalue weighted by molar-refractivity contribution is 6.52. The quantitative estimate of drug-likeness (QED) is 0.386. The number of rotatable bonds is 5. The van der Waals surface area contributed by atoms with E-state index in [1.54, 1.807) is 11.0 Å². The van der Waals surface area contributed by atoms with Gasteiger partial charge in [-0.1, -0.05) is 18.2 Å². The van der Waals surface area contributed by atoms with Gasteiger partial charge in [0.25, 0.3) is 5.91 Å². The smallest absolute Gasteiger partial charge is 0.256 e. The number of hydrogen-bond donors (Lipinski definition) is 1. The van der Waals surface area contributed by atoms with Gasteiger partial charge in [-0.15, -0.1) is 23.2 Å². The van der Waals surface area contributed by atoms with E-state index in [1.807, 2.05) is 26.0 Å². The maximum absolute atomic E-state index is 13.8. The van der Waals surface area contributed by atoms with E-state index >= 15 is 0 Å². The third-order valence-corrected chi connectivity index (χ3v) is 9.51. The van der Waals surface area contributed by atoms with Gasteiger partial charge in [0.1, 0.15) is 15.9 Å². The number of anilines is 1. The number of nitrogens with zero attached hydrogens (tertiary/aromatic N) is 2. The minimum absolute atomic E-state index is 0.0716. The SMILES string of the molecule is CC(C)Oc1ccc([C@H]2C(Cl)(Cl)C23CCN(C2CCN(C(=O)c4cccc(F)c4N)CC2)CC3)cc1. The number of hydrogen-bond acceptors (Lipinski definition) is 4. The van der Waals surface area contributed by atoms with Crippen molar-refractivity contribution in [1.29, 1.82) is 0 Å². The lowest BCUT2D eigenvalue weighted by Gasteiger charge is -2.42. The summed E-state index contributed by atoms with van der Waals surface area (Å²) in [4.78, 5) is 17.2. The zero-order valence-corrected chi connectivity index (χ0v) is 22.4. The summed E-state index contributed by atoms with van der Waals surface area (Å²) in [5.41, 5.74) is 7.06. The normalized spacial score (nSPS) is 23.7. The second kappa shape index (κ2) is 9.70. The number of halogens is 3. The molecule has 8 heteroatoms. The van der Waals surface area contributed by atoms with Crippen LogP contribution in [0, 0.1) is 11.2 Å². The Labute approximate surface area is 222 Å². The number of carbonyl (C=O) groups is 1. The first-order chi connectivity index (χ1) is 17.1. The first kappa shape index (κ1) is 25.6. The van der Waals surface area contributed by atoms with Crippen molar-refractivity contribution >= 4 is 34.8 Å². The summed E-state index contributed by atoms with van der Waals surface area (Å²) in [6, 6.07) is 13.0. The van der Waals surface area contributed by atoms with Crippen molar-refractivity contribution < 1.29 is 13.9 Å². The fraction of sp³-hybridized carbons (Fsp3) is 0.536. The molecule has 0 unspecified atom stereocenters. The molecule has 0 radical (unpaired) electrons. The molecule has 0 bridgehead atoms. The van der Waals surface area contributed by atoms with E-state index in [0.717, 1.165) is 44.5 Å². The van der Waals surface area contributed by atoms with Crippen molar-refractivity contribution in [2.24, 2.45) is 5.41 Å². The van der Waals surface area contributed by atoms with Crippen LogP contribution in [0.2, 0.25) is 0 Å². The summed E-state index contributed by atoms with van der Waals surface area (Å²) in [5, 5.41) is 0. The number of carbonyl (C=O) groups excluding carboxylic acids is 1. The lowest BCUT2D eigenvalue weighted by Crippen LogP contribution is -2.49. The maximum Gasteiger partial charge on any atom is 0.256 e. The molecule has 1 spiro atoms. The van der Waals surface area contributed by atoms with Gasteiger partial charge in [-0.3, -0.25) is 4.79 Å². The van der Waals surface area contributed by atoms with Gasteiger partial charge in [0, 0.05) is 30.5 Å². The number of alkyl halides is 2. The van der Waals surface area contributed by atoms with Crippen molar-refractivity contribution in [3.63, 3.8) is 0 Å². The van der Waals surface area contributed by atoms with Gasteiger partial charge in [-0.05, 0) is 82.4 Å². The number of benzene rings is 2. The molecule has 3 fully saturated rings. The number of amides is 1. The first-order valence-corrected chi connectivity index (χ1v) is 13.6. The molecule has 2 saturated heterocycles. The average Bonchev–Trinajstić information content (AvgIpc) is 3.33. The minimum Gasteiger partial charge on any atom is -0.491 e. The number of nitrogen functional groups attached to an aromatic ring is 1. The van der Waals surface area contributed by atoms with Gasteiger partial charge in [0.05, 0.1) is 17.4 Å². The Kier molecular flexibility index (Phi) is 6.90. The van der Waals surface area contributed by atoms with Gasteiger partial charge in [0.15, 0.2) is 0 Å². The van der Waals surface area contributed by atoms with Gasteiger partial charge < -0.3 is 20.3 Å². The van der Waals surface area contributed by atoms with Crippen molar-refractivity contribution in [2.75, 3.05) is 31.9 Å². The summed E-state index contributed by atoms with van der Waals surface area (Å²) >= 11 is 13.8. The van der Waals surface area contributed by atoms with Crippen LogP contribution in [-0.4, -0.2) is 58.4 Å². The van der Waals surface area contributed by atoms with Crippen LogP contribution in [0.4, 0.5) is 10.1 Å². The number of ether oxygens (including phenoxy) is 1. The molecule has 2 aromatic carbocycles. The van der Waals surface area contributed by atoms with Gasteiger partial charge in [-0.2, -0.15) is 0 Å². The van der Waals surface area contributed by atoms with E-state index in [4.69, 9.17) is 33.7 Å². The fourth-order valence-corrected chi connectivity index (χ4v) is 7.44. The zero-order valence-electron chi connectivity index (χ0n) is 20.9. The van der Waals surface area contributed by atoms with E-state index in [0.29, 0.717) is 19.1 Å². The highest BCUT2D eigenvalue weighted by Crippen LogP contribution is 2.78. The summed E-state index contributed by atoms with van der Waals surface area (Å²) in [7, 11) is 0. The molecule has 2 aromatic rings. The Balaban J connectivity index is 1.17. The summed E-state index contributed by atoms with van der Waals surface area (Å²) in [5.74, 6) is 0.242. The third-order valence-electron chi connectivity index (χ3n) is 8.32. The molecule has 1 atom stereocenters. The molecule has 1 aliphatic carbocycles. The first-order valence-electron chi connectivity index (χ1n) is 12.9. The minimum atomic E-state index is -0.750. The van der Waals surface area contributed by atoms with E-state index in [9.17, 15) is 9.18 Å². The van der Waals surface area contributed by atoms with E-state index in [-0.39, 0.29) is 34.6 Å². The number of piperidine rings is 2. The molecule has 2 aliphatic heterocycles. The predicted octanol–water partition coefficient (Wildman–Crippen LogP) is 5.85. The largest absolute Gasteiger partial charge is 0.491 e. The Bertz CT molecular complexity index is 1110. The van der Waals surface area contributed by atoms with Crippen molar-refractivity contribution in [2.45, 2.75) is 61.9 Å². The van der Waals surface area contributed by atoms with E-state index in [1.165, 1.54) is 17.7 Å². The van der Waals surface area contributed by atoms with Gasteiger partial charge in [0.2, 0.25) is 0 Å². The topological polar surface area (TPSA) is 58.8 Å². The standard InChI is InChI=1S/C28H34Cl2FN3O2/c1-18(2)36-21-8-6-19(7-9-21)25-27(28(25,29)30)12-16-33(17-13-27)20-10-14-34(15-11-20)26(35)22-4-3-5-23(31)24(22)32/h3-9,18,20,25H,10-17,32H2,1-2H3/t25-/m1/s1. The molecule has 3 aliphatic rings. The third kappa shape index (κ3) is 4.46. The van der Waals surface area contributed by atoms with Crippen LogP contribution >= 0.6 is 23.2 Å². The number of likely N-dealkylation sites (tertiary alicyclic amines) is 2. The molecular formula is C28H34Cl2FN3O2. The van der Waals surface area contributed by atoms with Crippen LogP contribution in [0.5, 0.6) is 5.75 Å². The molecule has 0 aromatic heterocycles. The van der Waals surface area contributed by atoms with Crippen LogP contribution in [0.1, 0.15) is 61.4 Å². The molecular weight excluding hydrogens is 500 g/mol. The van der Waals surface area contributed by atoms with E-state index < -0.39 is 10.2 Å². The highest BCUT2D eigenvalue weighted by Gasteiger charge is 2.75. The van der Waals surface area contributed by atoms with Gasteiger partial charge >= 0.3 is 0 Å². The summed E-state index contributed by atoms with van der Waals surface area (Å²) in [6.45, 7) is 7.21. The molecule has 194 valence electrons. The van der Waals surface area contributed by atoms with Crippen molar-refractivity contribution in [3.05, 3.63) is 59.4 Å².